The Bertz CT molecular complexity index is 2270. The van der Waals surface area contributed by atoms with Gasteiger partial charge >= 0.3 is 12.2 Å². The Balaban J connectivity index is 1.00. The summed E-state index contributed by atoms with van der Waals surface area (Å²) in [5, 5.41) is 12.6. The fraction of sp³-hybridized carbons (Fsp3) is 0.391. The fourth-order valence-electron chi connectivity index (χ4n) is 8.56. The van der Waals surface area contributed by atoms with Gasteiger partial charge in [0.25, 0.3) is 5.91 Å². The van der Waals surface area contributed by atoms with Gasteiger partial charge in [0.05, 0.1) is 43.0 Å². The lowest BCUT2D eigenvalue weighted by Gasteiger charge is -2.32. The van der Waals surface area contributed by atoms with E-state index in [-0.39, 0.29) is 23.9 Å². The van der Waals surface area contributed by atoms with Crippen molar-refractivity contribution in [3.8, 4) is 33.6 Å². The first-order valence-electron chi connectivity index (χ1n) is 21.1. The summed E-state index contributed by atoms with van der Waals surface area (Å²) in [4.78, 5) is 75.2. The molecule has 4 N–H and O–H groups in total. The molecule has 0 radical (unpaired) electrons. The quantitative estimate of drug-likeness (QED) is 0.0845. The predicted octanol–water partition coefficient (Wildman–Crippen LogP) is 7.27. The van der Waals surface area contributed by atoms with E-state index in [1.54, 1.807) is 41.6 Å². The van der Waals surface area contributed by atoms with Crippen molar-refractivity contribution in [1.82, 2.24) is 44.9 Å². The average molecular weight is 830 g/mol. The first-order valence-corrected chi connectivity index (χ1v) is 21.1. The first-order chi connectivity index (χ1) is 29.6. The first kappa shape index (κ1) is 42.6. The van der Waals surface area contributed by atoms with Crippen LogP contribution in [0.1, 0.15) is 81.3 Å². The van der Waals surface area contributed by atoms with Crippen LogP contribution in [0.3, 0.4) is 0 Å². The van der Waals surface area contributed by atoms with Gasteiger partial charge in [0.2, 0.25) is 5.91 Å². The summed E-state index contributed by atoms with van der Waals surface area (Å²) in [5.41, 5.74) is 6.30. The highest BCUT2D eigenvalue weighted by atomic mass is 16.5. The van der Waals surface area contributed by atoms with Gasteiger partial charge < -0.3 is 39.8 Å². The number of benzene rings is 3. The van der Waals surface area contributed by atoms with Crippen LogP contribution in [0.25, 0.3) is 33.6 Å². The zero-order valence-electron chi connectivity index (χ0n) is 35.2. The molecule has 2 fully saturated rings. The molecule has 4 heterocycles. The lowest BCUT2D eigenvalue weighted by molar-refractivity contribution is -0.137. The second-order valence-electron chi connectivity index (χ2n) is 15.6. The molecule has 0 aliphatic carbocycles. The van der Waals surface area contributed by atoms with E-state index >= 15 is 0 Å². The van der Waals surface area contributed by atoms with Gasteiger partial charge in [-0.3, -0.25) is 14.5 Å². The van der Waals surface area contributed by atoms with Crippen LogP contribution < -0.4 is 5.32 Å². The number of likely N-dealkylation sites (N-methyl/N-ethyl adjacent to an activating group) is 1. The molecule has 0 bridgehead atoms. The number of rotatable bonds is 15. The Morgan fingerprint density at radius 3 is 1.74 bits per heavy atom. The van der Waals surface area contributed by atoms with Gasteiger partial charge in [-0.2, -0.15) is 0 Å². The standard InChI is InChI=1S/C46H55N9O6/c1-5-53(6-2)27-24-35(51-45(58)61-4)43(56)54-25-10-14-38(54)41-47-28-36(49-41)32-20-16-30(17-21-32)31-18-22-33(23-19-31)37-29-48-42(50-37)39-15-11-26-55(39)44(57)40(52(3)46(59)60)34-12-8-7-9-13-34/h7-9,12-13,16-23,28-29,35,38-40H,5-6,10-11,14-15,24-27H2,1-4H3,(H,47,49)(H,48,50)(H,51,58)(H,59,60)/t35-,38?,39-,40+/m0/s1. The zero-order chi connectivity index (χ0) is 43.0. The van der Waals surface area contributed by atoms with E-state index in [9.17, 15) is 24.3 Å². The van der Waals surface area contributed by atoms with Crippen LogP contribution in [0.4, 0.5) is 9.59 Å². The number of H-pyrrole nitrogens is 2. The second-order valence-corrected chi connectivity index (χ2v) is 15.6. The summed E-state index contributed by atoms with van der Waals surface area (Å²) in [6, 6.07) is 23.3. The monoisotopic (exact) mass is 829 g/mol. The minimum Gasteiger partial charge on any atom is -0.465 e. The van der Waals surface area contributed by atoms with Crippen molar-refractivity contribution < 1.29 is 29.0 Å². The molecule has 61 heavy (non-hydrogen) atoms. The number of methoxy groups -OCH3 is 1. The van der Waals surface area contributed by atoms with Gasteiger partial charge in [-0.1, -0.05) is 92.7 Å². The number of nitrogens with zero attached hydrogens (tertiary/aromatic N) is 6. The molecule has 2 saturated heterocycles. The number of hydrogen-bond acceptors (Lipinski definition) is 8. The lowest BCUT2D eigenvalue weighted by Crippen LogP contribution is -2.49. The van der Waals surface area contributed by atoms with Crippen molar-refractivity contribution in [2.45, 2.75) is 70.1 Å². The van der Waals surface area contributed by atoms with E-state index in [4.69, 9.17) is 9.72 Å². The molecule has 0 saturated carbocycles. The second kappa shape index (κ2) is 19.3. The fourth-order valence-corrected chi connectivity index (χ4v) is 8.56. The van der Waals surface area contributed by atoms with Gasteiger partial charge in [0.15, 0.2) is 0 Å². The molecule has 3 aromatic carbocycles. The molecule has 320 valence electrons. The highest BCUT2D eigenvalue weighted by Crippen LogP contribution is 2.36. The number of ether oxygens (including phenoxy) is 1. The van der Waals surface area contributed by atoms with E-state index in [0.717, 1.165) is 83.1 Å². The van der Waals surface area contributed by atoms with Gasteiger partial charge in [-0.15, -0.1) is 0 Å². The summed E-state index contributed by atoms with van der Waals surface area (Å²) >= 11 is 0. The maximum Gasteiger partial charge on any atom is 0.407 e. The van der Waals surface area contributed by atoms with Crippen LogP contribution >= 0.6 is 0 Å². The SMILES string of the molecule is CCN(CC)CC[C@H](NC(=O)OC)C(=O)N1CCCC1c1ncc(-c2ccc(-c3ccc(-c4cnc([C@@H]5CCCN5C(=O)[C@@H](c5ccccc5)N(C)C(=O)O)[nH]4)cc3)cc2)[nH]1. The van der Waals surface area contributed by atoms with Crippen molar-refractivity contribution in [1.29, 1.82) is 0 Å². The Labute approximate surface area is 356 Å². The number of carboxylic acid groups (broad SMARTS) is 1. The third kappa shape index (κ3) is 9.46. The molecule has 0 spiro atoms. The number of hydrogen-bond donors (Lipinski definition) is 4. The van der Waals surface area contributed by atoms with Crippen molar-refractivity contribution >= 4 is 24.0 Å². The van der Waals surface area contributed by atoms with Gasteiger partial charge in [0, 0.05) is 26.7 Å². The largest absolute Gasteiger partial charge is 0.465 e. The summed E-state index contributed by atoms with van der Waals surface area (Å²) < 4.78 is 4.85. The molecule has 4 amide bonds. The Morgan fingerprint density at radius 1 is 0.770 bits per heavy atom. The molecular weight excluding hydrogens is 775 g/mol. The Kier molecular flexibility index (Phi) is 13.5. The molecular formula is C46H55N9O6. The third-order valence-electron chi connectivity index (χ3n) is 12.1. The Hall–Kier alpha value is -6.48. The number of carbonyl (C=O) groups excluding carboxylic acids is 3. The summed E-state index contributed by atoms with van der Waals surface area (Å²) in [5.74, 6) is 0.991. The van der Waals surface area contributed by atoms with Gasteiger partial charge in [-0.05, 0) is 73.0 Å². The maximum atomic E-state index is 14.0. The van der Waals surface area contributed by atoms with Crippen LogP contribution in [0.5, 0.6) is 0 Å². The van der Waals surface area contributed by atoms with Crippen LogP contribution in [-0.4, -0.2) is 122 Å². The molecule has 15 heteroatoms. The van der Waals surface area contributed by atoms with E-state index in [2.05, 4.69) is 63.3 Å². The number of imidazole rings is 2. The number of alkyl carbamates (subject to hydrolysis) is 1. The van der Waals surface area contributed by atoms with Crippen LogP contribution in [-0.2, 0) is 14.3 Å². The highest BCUT2D eigenvalue weighted by Gasteiger charge is 2.39. The van der Waals surface area contributed by atoms with Crippen molar-refractivity contribution in [2.24, 2.45) is 0 Å². The Morgan fingerprint density at radius 2 is 1.26 bits per heavy atom. The average Bonchev–Trinajstić information content (AvgIpc) is 4.14. The van der Waals surface area contributed by atoms with Crippen LogP contribution in [0, 0.1) is 0 Å². The van der Waals surface area contributed by atoms with Gasteiger partial charge in [-0.25, -0.2) is 19.6 Å². The van der Waals surface area contributed by atoms with Crippen molar-refractivity contribution in [2.75, 3.05) is 46.9 Å². The van der Waals surface area contributed by atoms with Gasteiger partial charge in [0.1, 0.15) is 23.7 Å². The summed E-state index contributed by atoms with van der Waals surface area (Å²) in [6.07, 6.45) is 5.40. The topological polar surface area (TPSA) is 180 Å². The van der Waals surface area contributed by atoms with Crippen LogP contribution in [0.15, 0.2) is 91.3 Å². The van der Waals surface area contributed by atoms with E-state index < -0.39 is 24.3 Å². The molecule has 1 unspecified atom stereocenters. The molecule has 5 aromatic rings. The molecule has 15 nitrogen and oxygen atoms in total. The molecule has 4 atom stereocenters. The van der Waals surface area contributed by atoms with E-state index in [1.165, 1.54) is 14.2 Å². The number of aromatic amines is 2. The minimum atomic E-state index is -1.17. The molecule has 2 aromatic heterocycles. The van der Waals surface area contributed by atoms with E-state index in [1.807, 2.05) is 35.2 Å². The molecule has 2 aliphatic rings. The van der Waals surface area contributed by atoms with Crippen LogP contribution in [0.2, 0.25) is 0 Å². The summed E-state index contributed by atoms with van der Waals surface area (Å²) in [6.45, 7) is 7.66. The van der Waals surface area contributed by atoms with Crippen molar-refractivity contribution in [3.05, 3.63) is 108 Å². The summed E-state index contributed by atoms with van der Waals surface area (Å²) in [7, 11) is 2.73. The molecule has 2 aliphatic heterocycles. The zero-order valence-corrected chi connectivity index (χ0v) is 35.2. The third-order valence-corrected chi connectivity index (χ3v) is 12.1. The normalized spacial score (nSPS) is 17.3. The number of nitrogens with one attached hydrogen (secondary N) is 3. The lowest BCUT2D eigenvalue weighted by atomic mass is 10.0. The highest BCUT2D eigenvalue weighted by molar-refractivity contribution is 5.87. The number of aromatic nitrogens is 4. The smallest absolute Gasteiger partial charge is 0.407 e. The number of amides is 4. The number of carbonyl (C=O) groups is 4. The predicted molar refractivity (Wildman–Crippen MR) is 231 cm³/mol. The maximum absolute atomic E-state index is 14.0. The van der Waals surface area contributed by atoms with Crippen molar-refractivity contribution in [3.63, 3.8) is 0 Å². The number of likely N-dealkylation sites (tertiary alicyclic amines) is 2. The van der Waals surface area contributed by atoms with E-state index in [0.29, 0.717) is 37.4 Å². The molecule has 7 rings (SSSR count). The minimum absolute atomic E-state index is 0.131.